The second-order valence-corrected chi connectivity index (χ2v) is 7.43. The van der Waals surface area contributed by atoms with Crippen LogP contribution in [0, 0.1) is 13.8 Å². The first-order valence-electron chi connectivity index (χ1n) is 9.22. The molecule has 8 nitrogen and oxygen atoms in total. The number of aryl methyl sites for hydroxylation is 3. The standard InChI is InChI=1S/C20H20ClN5O3/c1-5-24-11(2)12(3)26-16-17(22-19(24)26)23(4)20(29)25(18(16)28)10-15(27)13-6-8-14(21)9-7-13/h6-9H,5,10H2,1-4H3. The van der Waals surface area contributed by atoms with Crippen molar-refractivity contribution in [2.45, 2.75) is 33.9 Å². The van der Waals surface area contributed by atoms with Gasteiger partial charge in [-0.15, -0.1) is 0 Å². The summed E-state index contributed by atoms with van der Waals surface area (Å²) in [5.74, 6) is 0.256. The van der Waals surface area contributed by atoms with E-state index >= 15 is 0 Å². The molecule has 0 aliphatic carbocycles. The lowest BCUT2D eigenvalue weighted by atomic mass is 10.1. The van der Waals surface area contributed by atoms with E-state index in [-0.39, 0.29) is 12.3 Å². The number of nitrogens with zero attached hydrogens (tertiary/aromatic N) is 5. The summed E-state index contributed by atoms with van der Waals surface area (Å²) in [6, 6.07) is 6.34. The first-order chi connectivity index (χ1) is 13.8. The van der Waals surface area contributed by atoms with Gasteiger partial charge in [-0.2, -0.15) is 4.98 Å². The van der Waals surface area contributed by atoms with E-state index in [9.17, 15) is 14.4 Å². The molecule has 0 amide bonds. The average Bonchev–Trinajstić information content (AvgIpc) is 3.19. The van der Waals surface area contributed by atoms with Crippen LogP contribution in [-0.4, -0.2) is 28.9 Å². The van der Waals surface area contributed by atoms with E-state index in [1.807, 2.05) is 25.3 Å². The molecule has 0 aliphatic rings. The first kappa shape index (κ1) is 19.2. The largest absolute Gasteiger partial charge is 0.332 e. The van der Waals surface area contributed by atoms with Gasteiger partial charge in [0.2, 0.25) is 5.78 Å². The van der Waals surface area contributed by atoms with Crippen LogP contribution < -0.4 is 11.2 Å². The van der Waals surface area contributed by atoms with Gasteiger partial charge in [-0.25, -0.2) is 4.79 Å². The SMILES string of the molecule is CCn1c(C)c(C)n2c3c(=O)n(CC(=O)c4ccc(Cl)cc4)c(=O)n(C)c3nc12. The molecule has 1 aromatic carbocycles. The van der Waals surface area contributed by atoms with Gasteiger partial charge in [0.1, 0.15) is 0 Å². The number of halogens is 1. The lowest BCUT2D eigenvalue weighted by molar-refractivity contribution is 0.0969. The summed E-state index contributed by atoms with van der Waals surface area (Å²) in [5, 5.41) is 0.504. The lowest BCUT2D eigenvalue weighted by Gasteiger charge is -2.08. The van der Waals surface area contributed by atoms with Gasteiger partial charge in [-0.1, -0.05) is 11.6 Å². The molecule has 0 saturated heterocycles. The number of ketones is 1. The minimum Gasteiger partial charge on any atom is -0.314 e. The summed E-state index contributed by atoms with van der Waals surface area (Å²) < 4.78 is 6.03. The fourth-order valence-corrected chi connectivity index (χ4v) is 3.83. The molecular weight excluding hydrogens is 394 g/mol. The van der Waals surface area contributed by atoms with Gasteiger partial charge in [-0.3, -0.25) is 23.1 Å². The third-order valence-electron chi connectivity index (χ3n) is 5.41. The van der Waals surface area contributed by atoms with E-state index in [1.165, 1.54) is 4.57 Å². The van der Waals surface area contributed by atoms with Crippen LogP contribution in [0.5, 0.6) is 0 Å². The van der Waals surface area contributed by atoms with Crippen LogP contribution in [-0.2, 0) is 20.1 Å². The number of hydrogen-bond acceptors (Lipinski definition) is 4. The van der Waals surface area contributed by atoms with Crippen LogP contribution in [0.25, 0.3) is 16.9 Å². The number of carbonyl (C=O) groups excluding carboxylic acids is 1. The van der Waals surface area contributed by atoms with E-state index < -0.39 is 11.2 Å². The molecule has 0 radical (unpaired) electrons. The minimum absolute atomic E-state index is 0.291. The number of fused-ring (bicyclic) bond motifs is 3. The van der Waals surface area contributed by atoms with Crippen LogP contribution >= 0.6 is 11.6 Å². The minimum atomic E-state index is -0.581. The van der Waals surface area contributed by atoms with Crippen molar-refractivity contribution >= 4 is 34.3 Å². The molecule has 0 unspecified atom stereocenters. The van der Waals surface area contributed by atoms with Crippen LogP contribution in [0.15, 0.2) is 33.9 Å². The highest BCUT2D eigenvalue weighted by Gasteiger charge is 2.23. The normalized spacial score (nSPS) is 11.6. The number of benzene rings is 1. The maximum atomic E-state index is 13.3. The van der Waals surface area contributed by atoms with Gasteiger partial charge in [0.05, 0.1) is 6.54 Å². The second kappa shape index (κ2) is 6.73. The molecular formula is C20H20ClN5O3. The Morgan fingerprint density at radius 2 is 1.72 bits per heavy atom. The Labute approximate surface area is 170 Å². The monoisotopic (exact) mass is 413 g/mol. The van der Waals surface area contributed by atoms with E-state index in [4.69, 9.17) is 11.6 Å². The summed E-state index contributed by atoms with van der Waals surface area (Å²) in [4.78, 5) is 43.3. The number of rotatable bonds is 4. The topological polar surface area (TPSA) is 83.3 Å². The van der Waals surface area contributed by atoms with Crippen molar-refractivity contribution in [3.63, 3.8) is 0 Å². The predicted octanol–water partition coefficient (Wildman–Crippen LogP) is 2.32. The molecule has 0 N–H and O–H groups in total. The maximum Gasteiger partial charge on any atom is 0.332 e. The Kier molecular flexibility index (Phi) is 4.46. The molecule has 0 fully saturated rings. The van der Waals surface area contributed by atoms with E-state index in [0.717, 1.165) is 16.0 Å². The van der Waals surface area contributed by atoms with Crippen LogP contribution in [0.3, 0.4) is 0 Å². The van der Waals surface area contributed by atoms with Crippen molar-refractivity contribution in [2.24, 2.45) is 7.05 Å². The van der Waals surface area contributed by atoms with Crippen LogP contribution in [0.2, 0.25) is 5.02 Å². The van der Waals surface area contributed by atoms with Gasteiger partial charge < -0.3 is 4.57 Å². The number of hydrogen-bond donors (Lipinski definition) is 0. The zero-order valence-electron chi connectivity index (χ0n) is 16.6. The van der Waals surface area contributed by atoms with Gasteiger partial charge in [0, 0.05) is 35.6 Å². The molecule has 0 aliphatic heterocycles. The Balaban J connectivity index is 1.97. The molecule has 3 aromatic heterocycles. The predicted molar refractivity (Wildman–Crippen MR) is 111 cm³/mol. The van der Waals surface area contributed by atoms with Crippen molar-refractivity contribution in [2.75, 3.05) is 0 Å². The van der Waals surface area contributed by atoms with Gasteiger partial charge in [0.15, 0.2) is 16.9 Å². The van der Waals surface area contributed by atoms with Crippen LogP contribution in [0.1, 0.15) is 28.7 Å². The average molecular weight is 414 g/mol. The molecule has 150 valence electrons. The zero-order chi connectivity index (χ0) is 21.0. The Morgan fingerprint density at radius 1 is 1.07 bits per heavy atom. The molecule has 9 heteroatoms. The number of Topliss-reactive ketones (excluding diaryl/α,β-unsaturated/α-hetero) is 1. The Hall–Kier alpha value is -3.13. The summed E-state index contributed by atoms with van der Waals surface area (Å²) in [6.45, 7) is 6.19. The van der Waals surface area contributed by atoms with Gasteiger partial charge >= 0.3 is 5.69 Å². The molecule has 4 rings (SSSR count). The van der Waals surface area contributed by atoms with Crippen molar-refractivity contribution in [3.8, 4) is 0 Å². The van der Waals surface area contributed by atoms with Crippen molar-refractivity contribution in [1.29, 1.82) is 0 Å². The highest BCUT2D eigenvalue weighted by molar-refractivity contribution is 6.30. The fraction of sp³-hybridized carbons (Fsp3) is 0.300. The molecule has 4 aromatic rings. The molecule has 3 heterocycles. The smallest absolute Gasteiger partial charge is 0.314 e. The zero-order valence-corrected chi connectivity index (χ0v) is 17.3. The van der Waals surface area contributed by atoms with Crippen molar-refractivity contribution in [3.05, 3.63) is 67.1 Å². The fourth-order valence-electron chi connectivity index (χ4n) is 3.70. The third-order valence-corrected chi connectivity index (χ3v) is 5.67. The van der Waals surface area contributed by atoms with E-state index in [1.54, 1.807) is 35.7 Å². The van der Waals surface area contributed by atoms with Gasteiger partial charge in [0.25, 0.3) is 5.56 Å². The highest BCUT2D eigenvalue weighted by atomic mass is 35.5. The summed E-state index contributed by atoms with van der Waals surface area (Å²) in [7, 11) is 1.55. The summed E-state index contributed by atoms with van der Waals surface area (Å²) >= 11 is 5.87. The molecule has 29 heavy (non-hydrogen) atoms. The molecule has 0 spiro atoms. The number of carbonyl (C=O) groups is 1. The van der Waals surface area contributed by atoms with Crippen molar-refractivity contribution in [1.82, 2.24) is 23.1 Å². The lowest BCUT2D eigenvalue weighted by Crippen LogP contribution is -2.41. The molecule has 0 saturated carbocycles. The Morgan fingerprint density at radius 3 is 2.34 bits per heavy atom. The highest BCUT2D eigenvalue weighted by Crippen LogP contribution is 2.20. The quantitative estimate of drug-likeness (QED) is 0.481. The van der Waals surface area contributed by atoms with Gasteiger partial charge in [-0.05, 0) is 45.0 Å². The first-order valence-corrected chi connectivity index (χ1v) is 9.60. The number of imidazole rings is 2. The third kappa shape index (κ3) is 2.74. The number of aromatic nitrogens is 5. The van der Waals surface area contributed by atoms with Crippen LogP contribution in [0.4, 0.5) is 0 Å². The van der Waals surface area contributed by atoms with Crippen molar-refractivity contribution < 1.29 is 4.79 Å². The summed E-state index contributed by atoms with van der Waals surface area (Å²) in [6.07, 6.45) is 0. The van der Waals surface area contributed by atoms with E-state index in [0.29, 0.717) is 34.1 Å². The molecule has 0 atom stereocenters. The summed E-state index contributed by atoms with van der Waals surface area (Å²) in [5.41, 5.74) is 1.72. The molecule has 0 bridgehead atoms. The Bertz CT molecular complexity index is 1400. The second-order valence-electron chi connectivity index (χ2n) is 7.00. The van der Waals surface area contributed by atoms with E-state index in [2.05, 4.69) is 4.98 Å². The maximum absolute atomic E-state index is 13.3.